The number of benzene rings is 3. The average Bonchev–Trinajstić information content (AvgIpc) is 2.70. The maximum Gasteiger partial charge on any atom is 0.255 e. The number of carbonyl (C=O) groups is 1. The number of anilines is 2. The first kappa shape index (κ1) is 22.8. The fourth-order valence-electron chi connectivity index (χ4n) is 3.17. The van der Waals surface area contributed by atoms with Crippen LogP contribution in [0.4, 0.5) is 11.4 Å². The number of nitrogens with zero attached hydrogens (tertiary/aromatic N) is 1. The van der Waals surface area contributed by atoms with E-state index >= 15 is 0 Å². The minimum absolute atomic E-state index is 0.179. The van der Waals surface area contributed by atoms with Gasteiger partial charge in [-0.05, 0) is 73.4 Å². The highest BCUT2D eigenvalue weighted by molar-refractivity contribution is 7.92. The van der Waals surface area contributed by atoms with Crippen LogP contribution in [0.15, 0.2) is 60.7 Å². The first-order valence-corrected chi connectivity index (χ1v) is 12.0. The molecular formula is C24H25ClN2O3S. The molecule has 7 heteroatoms. The lowest BCUT2D eigenvalue weighted by Crippen LogP contribution is -2.30. The van der Waals surface area contributed by atoms with Gasteiger partial charge in [0, 0.05) is 16.3 Å². The van der Waals surface area contributed by atoms with E-state index in [-0.39, 0.29) is 12.5 Å². The largest absolute Gasteiger partial charge is 0.322 e. The predicted octanol–water partition coefficient (Wildman–Crippen LogP) is 5.48. The normalized spacial score (nSPS) is 11.3. The second-order valence-electron chi connectivity index (χ2n) is 7.67. The number of hydrogen-bond acceptors (Lipinski definition) is 3. The summed E-state index contributed by atoms with van der Waals surface area (Å²) in [5, 5.41) is 3.40. The van der Waals surface area contributed by atoms with Crippen molar-refractivity contribution < 1.29 is 13.2 Å². The number of carbonyl (C=O) groups excluding carboxylic acids is 1. The van der Waals surface area contributed by atoms with Gasteiger partial charge in [-0.15, -0.1) is 0 Å². The summed E-state index contributed by atoms with van der Waals surface area (Å²) in [6, 6.07) is 18.0. The first-order valence-electron chi connectivity index (χ1n) is 9.76. The minimum atomic E-state index is -3.49. The Bertz CT molecular complexity index is 1220. The highest BCUT2D eigenvalue weighted by Gasteiger charge is 2.20. The molecular weight excluding hydrogens is 432 g/mol. The fraction of sp³-hybridized carbons (Fsp3) is 0.208. The van der Waals surface area contributed by atoms with Crippen LogP contribution in [0.2, 0.25) is 5.02 Å². The van der Waals surface area contributed by atoms with E-state index in [1.807, 2.05) is 45.0 Å². The molecule has 0 atom stereocenters. The quantitative estimate of drug-likeness (QED) is 0.533. The van der Waals surface area contributed by atoms with E-state index in [1.54, 1.807) is 36.4 Å². The maximum atomic E-state index is 12.5. The first-order chi connectivity index (χ1) is 14.5. The summed E-state index contributed by atoms with van der Waals surface area (Å²) in [6.45, 7) is 5.89. The summed E-state index contributed by atoms with van der Waals surface area (Å²) in [7, 11) is -3.49. The van der Waals surface area contributed by atoms with Gasteiger partial charge >= 0.3 is 0 Å². The van der Waals surface area contributed by atoms with Gasteiger partial charge in [0.15, 0.2) is 0 Å². The summed E-state index contributed by atoms with van der Waals surface area (Å²) >= 11 is 6.12. The minimum Gasteiger partial charge on any atom is -0.322 e. The zero-order valence-electron chi connectivity index (χ0n) is 17.9. The molecule has 0 radical (unpaired) electrons. The predicted molar refractivity (Wildman–Crippen MR) is 128 cm³/mol. The second kappa shape index (κ2) is 9.12. The molecule has 1 N–H and O–H groups in total. The van der Waals surface area contributed by atoms with E-state index in [4.69, 9.17) is 11.6 Å². The average molecular weight is 457 g/mol. The molecule has 0 aromatic heterocycles. The zero-order valence-corrected chi connectivity index (χ0v) is 19.5. The summed E-state index contributed by atoms with van der Waals surface area (Å²) in [5.41, 5.74) is 5.31. The van der Waals surface area contributed by atoms with Crippen molar-refractivity contribution in [2.75, 3.05) is 15.9 Å². The SMILES string of the molecule is Cc1ccc(C)c(N(Cc2ccc(C(=O)Nc3ccc(C)c(Cl)c3)cc2)S(C)(=O)=O)c1. The second-order valence-corrected chi connectivity index (χ2v) is 9.99. The van der Waals surface area contributed by atoms with Gasteiger partial charge in [0.05, 0.1) is 18.5 Å². The van der Waals surface area contributed by atoms with Crippen LogP contribution in [0, 0.1) is 20.8 Å². The van der Waals surface area contributed by atoms with E-state index in [0.29, 0.717) is 22.0 Å². The molecule has 0 aliphatic carbocycles. The molecule has 0 heterocycles. The van der Waals surface area contributed by atoms with Gasteiger partial charge in [0.25, 0.3) is 5.91 Å². The lowest BCUT2D eigenvalue weighted by molar-refractivity contribution is 0.102. The van der Waals surface area contributed by atoms with Crippen molar-refractivity contribution in [3.8, 4) is 0 Å². The topological polar surface area (TPSA) is 66.5 Å². The Kier molecular flexibility index (Phi) is 6.72. The molecule has 0 aliphatic heterocycles. The van der Waals surface area contributed by atoms with Crippen LogP contribution >= 0.6 is 11.6 Å². The highest BCUT2D eigenvalue weighted by Crippen LogP contribution is 2.26. The maximum absolute atomic E-state index is 12.5. The third-order valence-electron chi connectivity index (χ3n) is 5.01. The Labute approximate surface area is 188 Å². The number of sulfonamides is 1. The Hall–Kier alpha value is -2.83. The number of rotatable bonds is 6. The Morgan fingerprint density at radius 2 is 1.58 bits per heavy atom. The van der Waals surface area contributed by atoms with Crippen LogP contribution in [0.1, 0.15) is 32.6 Å². The smallest absolute Gasteiger partial charge is 0.255 e. The van der Waals surface area contributed by atoms with Gasteiger partial charge in [0.1, 0.15) is 0 Å². The summed E-state index contributed by atoms with van der Waals surface area (Å²) < 4.78 is 26.3. The van der Waals surface area contributed by atoms with Crippen molar-refractivity contribution in [3.05, 3.63) is 93.5 Å². The van der Waals surface area contributed by atoms with E-state index in [9.17, 15) is 13.2 Å². The van der Waals surface area contributed by atoms with Crippen molar-refractivity contribution in [1.29, 1.82) is 0 Å². The monoisotopic (exact) mass is 456 g/mol. The van der Waals surface area contributed by atoms with Crippen LogP contribution < -0.4 is 9.62 Å². The molecule has 162 valence electrons. The van der Waals surface area contributed by atoms with Crippen molar-refractivity contribution in [2.45, 2.75) is 27.3 Å². The summed E-state index contributed by atoms with van der Waals surface area (Å²) in [5.74, 6) is -0.263. The van der Waals surface area contributed by atoms with Crippen LogP contribution in [-0.4, -0.2) is 20.6 Å². The highest BCUT2D eigenvalue weighted by atomic mass is 35.5. The van der Waals surface area contributed by atoms with Gasteiger partial charge in [-0.1, -0.05) is 41.9 Å². The van der Waals surface area contributed by atoms with Gasteiger partial charge in [-0.25, -0.2) is 8.42 Å². The van der Waals surface area contributed by atoms with E-state index in [1.165, 1.54) is 10.6 Å². The zero-order chi connectivity index (χ0) is 22.8. The standard InChI is InChI=1S/C24H25ClN2O3S/c1-16-5-6-18(3)23(13-16)27(31(4,29)30)15-19-8-10-20(11-9-19)24(28)26-21-12-7-17(2)22(25)14-21/h5-14H,15H2,1-4H3,(H,26,28). The molecule has 1 amide bonds. The number of aryl methyl sites for hydroxylation is 3. The summed E-state index contributed by atoms with van der Waals surface area (Å²) in [6.07, 6.45) is 1.20. The molecule has 0 fully saturated rings. The van der Waals surface area contributed by atoms with Gasteiger partial charge in [0.2, 0.25) is 10.0 Å². The van der Waals surface area contributed by atoms with Crippen molar-refractivity contribution >= 4 is 38.9 Å². The lowest BCUT2D eigenvalue weighted by Gasteiger charge is -2.25. The van der Waals surface area contributed by atoms with Crippen molar-refractivity contribution in [2.24, 2.45) is 0 Å². The van der Waals surface area contributed by atoms with E-state index in [2.05, 4.69) is 5.32 Å². The molecule has 0 saturated carbocycles. The Morgan fingerprint density at radius 1 is 0.935 bits per heavy atom. The third-order valence-corrected chi connectivity index (χ3v) is 6.54. The van der Waals surface area contributed by atoms with Crippen molar-refractivity contribution in [1.82, 2.24) is 0 Å². The third kappa shape index (κ3) is 5.66. The Balaban J connectivity index is 1.80. The molecule has 0 spiro atoms. The van der Waals surface area contributed by atoms with Gasteiger partial charge in [-0.3, -0.25) is 9.10 Å². The molecule has 5 nitrogen and oxygen atoms in total. The molecule has 0 saturated heterocycles. The number of halogens is 1. The fourth-order valence-corrected chi connectivity index (χ4v) is 4.29. The molecule has 3 aromatic carbocycles. The van der Waals surface area contributed by atoms with Crippen LogP contribution in [0.25, 0.3) is 0 Å². The van der Waals surface area contributed by atoms with Gasteiger partial charge in [-0.2, -0.15) is 0 Å². The molecule has 0 bridgehead atoms. The molecule has 3 rings (SSSR count). The molecule has 0 unspecified atom stereocenters. The van der Waals surface area contributed by atoms with Crippen molar-refractivity contribution in [3.63, 3.8) is 0 Å². The van der Waals surface area contributed by atoms with Crippen LogP contribution in [-0.2, 0) is 16.6 Å². The number of nitrogens with one attached hydrogen (secondary N) is 1. The molecule has 31 heavy (non-hydrogen) atoms. The number of amides is 1. The van der Waals surface area contributed by atoms with E-state index < -0.39 is 10.0 Å². The number of hydrogen-bond donors (Lipinski definition) is 1. The summed E-state index contributed by atoms with van der Waals surface area (Å²) in [4.78, 5) is 12.5. The lowest BCUT2D eigenvalue weighted by atomic mass is 10.1. The molecule has 0 aliphatic rings. The van der Waals surface area contributed by atoms with E-state index in [0.717, 1.165) is 22.3 Å². The van der Waals surface area contributed by atoms with Gasteiger partial charge < -0.3 is 5.32 Å². The Morgan fingerprint density at radius 3 is 2.19 bits per heavy atom. The molecule has 3 aromatic rings. The van der Waals surface area contributed by atoms with Crippen LogP contribution in [0.5, 0.6) is 0 Å². The van der Waals surface area contributed by atoms with Crippen LogP contribution in [0.3, 0.4) is 0 Å².